The topological polar surface area (TPSA) is 26.0 Å². The lowest BCUT2D eigenvalue weighted by atomic mass is 9.88. The van der Waals surface area contributed by atoms with E-state index in [9.17, 15) is 0 Å². The van der Waals surface area contributed by atoms with Gasteiger partial charge in [0.2, 0.25) is 0 Å². The summed E-state index contributed by atoms with van der Waals surface area (Å²) >= 11 is 0. The van der Waals surface area contributed by atoms with Crippen LogP contribution in [0.5, 0.6) is 0 Å². The Kier molecular flexibility index (Phi) is 18.7. The average Bonchev–Trinajstić information content (AvgIpc) is 2.63. The molecule has 1 heteroatoms. The van der Waals surface area contributed by atoms with Gasteiger partial charge in [0.15, 0.2) is 0 Å². The van der Waals surface area contributed by atoms with Gasteiger partial charge in [-0.2, -0.15) is 0 Å². The molecule has 0 aromatic carbocycles. The summed E-state index contributed by atoms with van der Waals surface area (Å²) in [5, 5.41) is 0. The molecule has 0 saturated carbocycles. The van der Waals surface area contributed by atoms with Crippen LogP contribution in [0.1, 0.15) is 137 Å². The zero-order valence-corrected chi connectivity index (χ0v) is 18.3. The average molecular weight is 354 g/mol. The van der Waals surface area contributed by atoms with E-state index >= 15 is 0 Å². The van der Waals surface area contributed by atoms with Crippen LogP contribution in [0.25, 0.3) is 0 Å². The molecule has 0 aromatic heterocycles. The first kappa shape index (κ1) is 25.0. The Morgan fingerprint density at radius 3 is 1.52 bits per heavy atom. The first-order chi connectivity index (χ1) is 12.2. The van der Waals surface area contributed by atoms with E-state index < -0.39 is 0 Å². The molecule has 0 aliphatic rings. The van der Waals surface area contributed by atoms with Crippen molar-refractivity contribution in [3.8, 4) is 0 Å². The van der Waals surface area contributed by atoms with Crippen molar-refractivity contribution in [2.24, 2.45) is 17.6 Å². The maximum Gasteiger partial charge on any atom is 0.00670 e. The number of hydrogen-bond donors (Lipinski definition) is 1. The fraction of sp³-hybridized carbons (Fsp3) is 1.00. The SMILES string of the molecule is CCCCC(CC)CCCCCCCCCC(N)C(CC)CCCC. The Bertz CT molecular complexity index is 250. The molecule has 3 atom stereocenters. The standard InChI is InChI=1S/C24H51N/c1-5-9-18-22(7-3)19-16-14-12-11-13-15-17-21-24(25)23(8-4)20-10-6-2/h22-24H,5-21,25H2,1-4H3. The van der Waals surface area contributed by atoms with Crippen molar-refractivity contribution in [2.75, 3.05) is 0 Å². The summed E-state index contributed by atoms with van der Waals surface area (Å²) in [4.78, 5) is 0. The highest BCUT2D eigenvalue weighted by atomic mass is 14.6. The summed E-state index contributed by atoms with van der Waals surface area (Å²) in [6.45, 7) is 9.28. The van der Waals surface area contributed by atoms with Gasteiger partial charge in [0, 0.05) is 6.04 Å². The Morgan fingerprint density at radius 1 is 0.520 bits per heavy atom. The molecule has 0 spiro atoms. The zero-order chi connectivity index (χ0) is 18.8. The van der Waals surface area contributed by atoms with Gasteiger partial charge < -0.3 is 5.73 Å². The molecule has 0 heterocycles. The van der Waals surface area contributed by atoms with Crippen LogP contribution in [0.15, 0.2) is 0 Å². The Hall–Kier alpha value is -0.0400. The minimum absolute atomic E-state index is 0.450. The molecule has 1 nitrogen and oxygen atoms in total. The van der Waals surface area contributed by atoms with E-state index in [1.54, 1.807) is 0 Å². The third-order valence-corrected chi connectivity index (χ3v) is 6.25. The molecule has 25 heavy (non-hydrogen) atoms. The van der Waals surface area contributed by atoms with Crippen LogP contribution >= 0.6 is 0 Å². The Labute approximate surface area is 160 Å². The third kappa shape index (κ3) is 14.8. The van der Waals surface area contributed by atoms with Crippen LogP contribution in [0.2, 0.25) is 0 Å². The maximum absolute atomic E-state index is 6.43. The summed E-state index contributed by atoms with van der Waals surface area (Å²) in [7, 11) is 0. The van der Waals surface area contributed by atoms with E-state index in [2.05, 4.69) is 27.7 Å². The molecule has 0 aliphatic carbocycles. The highest BCUT2D eigenvalue weighted by Gasteiger charge is 2.14. The van der Waals surface area contributed by atoms with Crippen LogP contribution < -0.4 is 5.73 Å². The first-order valence-electron chi connectivity index (χ1n) is 11.9. The van der Waals surface area contributed by atoms with Gasteiger partial charge in [-0.3, -0.25) is 0 Å². The number of hydrogen-bond acceptors (Lipinski definition) is 1. The van der Waals surface area contributed by atoms with Crippen LogP contribution in [0, 0.1) is 11.8 Å². The largest absolute Gasteiger partial charge is 0.327 e. The third-order valence-electron chi connectivity index (χ3n) is 6.25. The van der Waals surface area contributed by atoms with Gasteiger partial charge in [-0.15, -0.1) is 0 Å². The van der Waals surface area contributed by atoms with Gasteiger partial charge in [0.25, 0.3) is 0 Å². The Balaban J connectivity index is 3.48. The summed E-state index contributed by atoms with van der Waals surface area (Å²) in [5.74, 6) is 1.76. The summed E-state index contributed by atoms with van der Waals surface area (Å²) < 4.78 is 0. The van der Waals surface area contributed by atoms with Gasteiger partial charge in [-0.25, -0.2) is 0 Å². The second-order valence-corrected chi connectivity index (χ2v) is 8.44. The molecule has 0 fully saturated rings. The molecule has 0 rings (SSSR count). The number of nitrogens with two attached hydrogens (primary N) is 1. The van der Waals surface area contributed by atoms with Crippen LogP contribution in [-0.4, -0.2) is 6.04 Å². The predicted octanol–water partition coefficient (Wildman–Crippen LogP) is 8.26. The molecule has 0 saturated heterocycles. The van der Waals surface area contributed by atoms with Gasteiger partial charge >= 0.3 is 0 Å². The molecule has 3 unspecified atom stereocenters. The van der Waals surface area contributed by atoms with Crippen LogP contribution in [-0.2, 0) is 0 Å². The normalized spacial score (nSPS) is 15.2. The van der Waals surface area contributed by atoms with Gasteiger partial charge in [0.1, 0.15) is 0 Å². The molecular weight excluding hydrogens is 302 g/mol. The van der Waals surface area contributed by atoms with Crippen molar-refractivity contribution >= 4 is 0 Å². The first-order valence-corrected chi connectivity index (χ1v) is 11.9. The van der Waals surface area contributed by atoms with Gasteiger partial charge in [-0.05, 0) is 24.7 Å². The van der Waals surface area contributed by atoms with Crippen molar-refractivity contribution in [1.82, 2.24) is 0 Å². The second-order valence-electron chi connectivity index (χ2n) is 8.44. The highest BCUT2D eigenvalue weighted by molar-refractivity contribution is 4.72. The molecule has 0 radical (unpaired) electrons. The molecule has 0 bridgehead atoms. The minimum atomic E-state index is 0.450. The van der Waals surface area contributed by atoms with Crippen molar-refractivity contribution in [1.29, 1.82) is 0 Å². The Morgan fingerprint density at radius 2 is 1.00 bits per heavy atom. The van der Waals surface area contributed by atoms with Gasteiger partial charge in [0.05, 0.1) is 0 Å². The lowest BCUT2D eigenvalue weighted by Crippen LogP contribution is -2.29. The van der Waals surface area contributed by atoms with E-state index in [4.69, 9.17) is 5.73 Å². The van der Waals surface area contributed by atoms with Gasteiger partial charge in [-0.1, -0.05) is 124 Å². The van der Waals surface area contributed by atoms with E-state index in [-0.39, 0.29) is 0 Å². The van der Waals surface area contributed by atoms with E-state index in [1.165, 1.54) is 109 Å². The van der Waals surface area contributed by atoms with E-state index in [0.717, 1.165) is 11.8 Å². The van der Waals surface area contributed by atoms with Crippen molar-refractivity contribution in [3.05, 3.63) is 0 Å². The molecule has 0 amide bonds. The van der Waals surface area contributed by atoms with E-state index in [1.807, 2.05) is 0 Å². The molecule has 0 aliphatic heterocycles. The van der Waals surface area contributed by atoms with Crippen molar-refractivity contribution in [2.45, 2.75) is 143 Å². The predicted molar refractivity (Wildman–Crippen MR) is 116 cm³/mol. The quantitative estimate of drug-likeness (QED) is 0.232. The molecule has 2 N–H and O–H groups in total. The van der Waals surface area contributed by atoms with Crippen LogP contribution in [0.3, 0.4) is 0 Å². The minimum Gasteiger partial charge on any atom is -0.327 e. The lowest BCUT2D eigenvalue weighted by molar-refractivity contribution is 0.346. The van der Waals surface area contributed by atoms with E-state index in [0.29, 0.717) is 6.04 Å². The summed E-state index contributed by atoms with van der Waals surface area (Å²) in [6, 6.07) is 0.450. The lowest BCUT2D eigenvalue weighted by Gasteiger charge is -2.22. The van der Waals surface area contributed by atoms with Crippen molar-refractivity contribution < 1.29 is 0 Å². The molecule has 152 valence electrons. The fourth-order valence-electron chi connectivity index (χ4n) is 4.17. The zero-order valence-electron chi connectivity index (χ0n) is 18.3. The second kappa shape index (κ2) is 18.7. The highest BCUT2D eigenvalue weighted by Crippen LogP contribution is 2.22. The number of unbranched alkanes of at least 4 members (excludes halogenated alkanes) is 8. The monoisotopic (exact) mass is 353 g/mol. The number of rotatable bonds is 19. The molecule has 0 aromatic rings. The smallest absolute Gasteiger partial charge is 0.00670 e. The fourth-order valence-corrected chi connectivity index (χ4v) is 4.17. The molecular formula is C24H51N. The maximum atomic E-state index is 6.43. The summed E-state index contributed by atoms with van der Waals surface area (Å²) in [6.07, 6.45) is 23.6. The van der Waals surface area contributed by atoms with Crippen LogP contribution in [0.4, 0.5) is 0 Å². The summed E-state index contributed by atoms with van der Waals surface area (Å²) in [5.41, 5.74) is 6.43. The van der Waals surface area contributed by atoms with Crippen molar-refractivity contribution in [3.63, 3.8) is 0 Å².